The molecule has 0 bridgehead atoms. The van der Waals surface area contributed by atoms with Crippen LogP contribution in [0.4, 0.5) is 5.82 Å². The summed E-state index contributed by atoms with van der Waals surface area (Å²) in [6.07, 6.45) is 3.79. The number of aryl methyl sites for hydroxylation is 2. The van der Waals surface area contributed by atoms with Crippen molar-refractivity contribution in [1.29, 1.82) is 0 Å². The topological polar surface area (TPSA) is 60.9 Å². The van der Waals surface area contributed by atoms with E-state index in [1.807, 2.05) is 0 Å². The summed E-state index contributed by atoms with van der Waals surface area (Å²) in [5, 5.41) is 3.90. The van der Waals surface area contributed by atoms with Crippen molar-refractivity contribution >= 4 is 11.7 Å². The van der Waals surface area contributed by atoms with Crippen LogP contribution in [0.5, 0.6) is 0 Å². The van der Waals surface area contributed by atoms with Gasteiger partial charge in [0, 0.05) is 18.7 Å². The molecular formula is C14H17N3O. The Kier molecular flexibility index (Phi) is 3.77. The molecule has 0 unspecified atom stereocenters. The van der Waals surface area contributed by atoms with Crippen molar-refractivity contribution in [2.24, 2.45) is 0 Å². The maximum absolute atomic E-state index is 11.8. The van der Waals surface area contributed by atoms with Crippen LogP contribution in [-0.4, -0.2) is 15.7 Å². The van der Waals surface area contributed by atoms with Crippen LogP contribution >= 0.6 is 0 Å². The minimum absolute atomic E-state index is 0.0359. The molecule has 2 rings (SSSR count). The maximum Gasteiger partial charge on any atom is 0.247 e. The number of rotatable bonds is 4. The Hall–Kier alpha value is -2.10. The smallest absolute Gasteiger partial charge is 0.247 e. The van der Waals surface area contributed by atoms with Crippen molar-refractivity contribution < 1.29 is 4.79 Å². The van der Waals surface area contributed by atoms with Gasteiger partial charge in [-0.15, -0.1) is 5.10 Å². The Bertz CT molecular complexity index is 528. The van der Waals surface area contributed by atoms with Crippen LogP contribution in [0, 0.1) is 0 Å². The van der Waals surface area contributed by atoms with E-state index in [4.69, 9.17) is 5.73 Å². The lowest BCUT2D eigenvalue weighted by atomic mass is 10.1. The Morgan fingerprint density at radius 1 is 1.22 bits per heavy atom. The summed E-state index contributed by atoms with van der Waals surface area (Å²) in [4.78, 5) is 11.8. The third-order valence-electron chi connectivity index (χ3n) is 2.92. The first-order valence-electron chi connectivity index (χ1n) is 6.11. The SMILES string of the molecule is CCc1ccc(CCC(=O)n2ccc(N)n2)cc1. The molecule has 0 fully saturated rings. The van der Waals surface area contributed by atoms with Gasteiger partial charge in [-0.1, -0.05) is 31.2 Å². The minimum atomic E-state index is -0.0359. The van der Waals surface area contributed by atoms with E-state index in [0.29, 0.717) is 12.2 Å². The molecule has 0 saturated heterocycles. The number of anilines is 1. The molecule has 94 valence electrons. The highest BCUT2D eigenvalue weighted by atomic mass is 16.2. The van der Waals surface area contributed by atoms with Crippen LogP contribution in [0.25, 0.3) is 0 Å². The number of nitrogen functional groups attached to an aromatic ring is 1. The zero-order valence-electron chi connectivity index (χ0n) is 10.5. The average molecular weight is 243 g/mol. The zero-order chi connectivity index (χ0) is 13.0. The van der Waals surface area contributed by atoms with Gasteiger partial charge in [-0.2, -0.15) is 0 Å². The monoisotopic (exact) mass is 243 g/mol. The molecule has 2 aromatic rings. The molecule has 2 N–H and O–H groups in total. The number of aromatic nitrogens is 2. The number of nitrogens with zero attached hydrogens (tertiary/aromatic N) is 2. The van der Waals surface area contributed by atoms with E-state index in [1.165, 1.54) is 15.8 Å². The molecule has 0 aliphatic carbocycles. The first-order chi connectivity index (χ1) is 8.69. The molecule has 0 radical (unpaired) electrons. The summed E-state index contributed by atoms with van der Waals surface area (Å²) in [5.74, 6) is 0.335. The molecule has 0 aliphatic rings. The fraction of sp³-hybridized carbons (Fsp3) is 0.286. The summed E-state index contributed by atoms with van der Waals surface area (Å²) in [5.41, 5.74) is 7.95. The number of hydrogen-bond donors (Lipinski definition) is 1. The van der Waals surface area contributed by atoms with Crippen molar-refractivity contribution in [3.05, 3.63) is 47.7 Å². The van der Waals surface area contributed by atoms with Gasteiger partial charge in [0.1, 0.15) is 5.82 Å². The Balaban J connectivity index is 1.92. The minimum Gasteiger partial charge on any atom is -0.382 e. The second kappa shape index (κ2) is 5.49. The van der Waals surface area contributed by atoms with Gasteiger partial charge in [0.15, 0.2) is 0 Å². The molecule has 18 heavy (non-hydrogen) atoms. The van der Waals surface area contributed by atoms with E-state index in [2.05, 4.69) is 36.3 Å². The number of hydrogen-bond acceptors (Lipinski definition) is 3. The van der Waals surface area contributed by atoms with E-state index >= 15 is 0 Å². The lowest BCUT2D eigenvalue weighted by Crippen LogP contribution is -2.12. The van der Waals surface area contributed by atoms with Crippen molar-refractivity contribution in [2.75, 3.05) is 5.73 Å². The molecular weight excluding hydrogens is 226 g/mol. The summed E-state index contributed by atoms with van der Waals surface area (Å²) in [7, 11) is 0. The maximum atomic E-state index is 11.8. The summed E-state index contributed by atoms with van der Waals surface area (Å²) < 4.78 is 1.30. The lowest BCUT2D eigenvalue weighted by molar-refractivity contribution is 0.0887. The van der Waals surface area contributed by atoms with Gasteiger partial charge in [0.2, 0.25) is 5.91 Å². The number of benzene rings is 1. The molecule has 0 saturated carbocycles. The number of carbonyl (C=O) groups is 1. The summed E-state index contributed by atoms with van der Waals surface area (Å²) in [6, 6.07) is 9.97. The van der Waals surface area contributed by atoms with Gasteiger partial charge >= 0.3 is 0 Å². The third kappa shape index (κ3) is 2.97. The van der Waals surface area contributed by atoms with Crippen molar-refractivity contribution in [3.8, 4) is 0 Å². The molecule has 0 spiro atoms. The number of carbonyl (C=O) groups excluding carboxylic acids is 1. The first-order valence-corrected chi connectivity index (χ1v) is 6.11. The normalized spacial score (nSPS) is 10.5. The van der Waals surface area contributed by atoms with Crippen molar-refractivity contribution in [1.82, 2.24) is 9.78 Å². The Morgan fingerprint density at radius 2 is 1.89 bits per heavy atom. The molecule has 1 aromatic carbocycles. The van der Waals surface area contributed by atoms with Crippen molar-refractivity contribution in [2.45, 2.75) is 26.2 Å². The third-order valence-corrected chi connectivity index (χ3v) is 2.92. The molecule has 1 heterocycles. The lowest BCUT2D eigenvalue weighted by Gasteiger charge is -2.03. The average Bonchev–Trinajstić information content (AvgIpc) is 2.83. The van der Waals surface area contributed by atoms with Gasteiger partial charge in [0.05, 0.1) is 0 Å². The molecule has 0 atom stereocenters. The van der Waals surface area contributed by atoms with Gasteiger partial charge < -0.3 is 5.73 Å². The molecule has 0 amide bonds. The molecule has 4 nitrogen and oxygen atoms in total. The first kappa shape index (κ1) is 12.4. The van der Waals surface area contributed by atoms with Crippen LogP contribution < -0.4 is 5.73 Å². The highest BCUT2D eigenvalue weighted by Crippen LogP contribution is 2.08. The highest BCUT2D eigenvalue weighted by Gasteiger charge is 2.06. The zero-order valence-corrected chi connectivity index (χ0v) is 10.5. The number of nitrogens with two attached hydrogens (primary N) is 1. The Morgan fingerprint density at radius 3 is 2.44 bits per heavy atom. The molecule has 1 aromatic heterocycles. The van der Waals surface area contributed by atoms with E-state index in [-0.39, 0.29) is 5.91 Å². The van der Waals surface area contributed by atoms with E-state index < -0.39 is 0 Å². The van der Waals surface area contributed by atoms with E-state index in [9.17, 15) is 4.79 Å². The van der Waals surface area contributed by atoms with Crippen LogP contribution in [0.2, 0.25) is 0 Å². The van der Waals surface area contributed by atoms with Crippen molar-refractivity contribution in [3.63, 3.8) is 0 Å². The summed E-state index contributed by atoms with van der Waals surface area (Å²) in [6.45, 7) is 2.13. The summed E-state index contributed by atoms with van der Waals surface area (Å²) >= 11 is 0. The van der Waals surface area contributed by atoms with Gasteiger partial charge in [-0.3, -0.25) is 4.79 Å². The fourth-order valence-corrected chi connectivity index (χ4v) is 1.78. The predicted molar refractivity (Wildman–Crippen MR) is 71.4 cm³/mol. The van der Waals surface area contributed by atoms with Crippen LogP contribution in [0.15, 0.2) is 36.5 Å². The van der Waals surface area contributed by atoms with Gasteiger partial charge in [-0.25, -0.2) is 4.68 Å². The second-order valence-corrected chi connectivity index (χ2v) is 4.25. The molecule has 4 heteroatoms. The second-order valence-electron chi connectivity index (χ2n) is 4.25. The van der Waals surface area contributed by atoms with E-state index in [0.717, 1.165) is 12.8 Å². The highest BCUT2D eigenvalue weighted by molar-refractivity contribution is 5.78. The van der Waals surface area contributed by atoms with Gasteiger partial charge in [-0.05, 0) is 24.0 Å². The largest absolute Gasteiger partial charge is 0.382 e. The standard InChI is InChI=1S/C14H17N3O/c1-2-11-3-5-12(6-4-11)7-8-14(18)17-10-9-13(15)16-17/h3-6,9-10H,2,7-8H2,1H3,(H2,15,16). The fourth-order valence-electron chi connectivity index (χ4n) is 1.78. The Labute approximate surface area is 106 Å². The quantitative estimate of drug-likeness (QED) is 0.896. The van der Waals surface area contributed by atoms with Crippen LogP contribution in [0.1, 0.15) is 29.3 Å². The van der Waals surface area contributed by atoms with Gasteiger partial charge in [0.25, 0.3) is 0 Å². The molecule has 0 aliphatic heterocycles. The van der Waals surface area contributed by atoms with E-state index in [1.54, 1.807) is 12.3 Å². The van der Waals surface area contributed by atoms with Crippen LogP contribution in [-0.2, 0) is 12.8 Å². The van der Waals surface area contributed by atoms with Crippen LogP contribution in [0.3, 0.4) is 0 Å². The predicted octanol–water partition coefficient (Wildman–Crippen LogP) is 2.30.